The van der Waals surface area contributed by atoms with Crippen molar-refractivity contribution in [3.05, 3.63) is 53.7 Å². The van der Waals surface area contributed by atoms with E-state index in [1.54, 1.807) is 0 Å². The van der Waals surface area contributed by atoms with Crippen LogP contribution in [0.3, 0.4) is 0 Å². The van der Waals surface area contributed by atoms with E-state index in [4.69, 9.17) is 4.98 Å². The van der Waals surface area contributed by atoms with Crippen molar-refractivity contribution in [2.24, 2.45) is 0 Å². The van der Waals surface area contributed by atoms with Crippen molar-refractivity contribution in [1.29, 1.82) is 0 Å². The number of nitrogens with zero attached hydrogens (tertiary/aromatic N) is 3. The number of nitrogens with one attached hydrogen (secondary N) is 1. The zero-order chi connectivity index (χ0) is 18.8. The van der Waals surface area contributed by atoms with E-state index < -0.39 is 0 Å². The van der Waals surface area contributed by atoms with Crippen LogP contribution in [0.25, 0.3) is 0 Å². The lowest BCUT2D eigenvalue weighted by Crippen LogP contribution is -2.39. The van der Waals surface area contributed by atoms with Crippen molar-refractivity contribution >= 4 is 17.4 Å². The second-order valence-corrected chi connectivity index (χ2v) is 7.74. The first-order valence-corrected chi connectivity index (χ1v) is 9.96. The Morgan fingerprint density at radius 2 is 1.93 bits per heavy atom. The van der Waals surface area contributed by atoms with Crippen LogP contribution in [0.5, 0.6) is 0 Å². The average molecular weight is 364 g/mol. The molecule has 5 heteroatoms. The molecule has 1 aromatic carbocycles. The molecular formula is C22H28N4O. The Morgan fingerprint density at radius 1 is 1.11 bits per heavy atom. The zero-order valence-corrected chi connectivity index (χ0v) is 16.2. The van der Waals surface area contributed by atoms with Crippen LogP contribution in [-0.2, 0) is 0 Å². The smallest absolute Gasteiger partial charge is 0.255 e. The lowest BCUT2D eigenvalue weighted by atomic mass is 10.2. The number of rotatable bonds is 4. The quantitative estimate of drug-likeness (QED) is 0.899. The fraction of sp³-hybridized carbons (Fsp3) is 0.455. The Labute approximate surface area is 161 Å². The number of hydrogen-bond acceptors (Lipinski definition) is 4. The van der Waals surface area contributed by atoms with E-state index in [0.29, 0.717) is 17.6 Å². The van der Waals surface area contributed by atoms with E-state index in [0.717, 1.165) is 30.3 Å². The lowest BCUT2D eigenvalue weighted by molar-refractivity contribution is 0.102. The molecule has 2 aliphatic rings. The van der Waals surface area contributed by atoms with Crippen LogP contribution in [0.2, 0.25) is 0 Å². The SMILES string of the molecule is Cc1nc(N2CCC(N3CCCC3C)C2)ccc1NC(=O)c1ccccc1. The predicted octanol–water partition coefficient (Wildman–Crippen LogP) is 3.71. The van der Waals surface area contributed by atoms with Gasteiger partial charge in [-0.1, -0.05) is 18.2 Å². The van der Waals surface area contributed by atoms with E-state index in [1.807, 2.05) is 49.4 Å². The molecule has 2 fully saturated rings. The predicted molar refractivity (Wildman–Crippen MR) is 109 cm³/mol. The molecule has 0 radical (unpaired) electrons. The fourth-order valence-corrected chi connectivity index (χ4v) is 4.36. The van der Waals surface area contributed by atoms with E-state index in [1.165, 1.54) is 25.8 Å². The van der Waals surface area contributed by atoms with Crippen molar-refractivity contribution in [3.63, 3.8) is 0 Å². The maximum atomic E-state index is 12.4. The number of aromatic nitrogens is 1. The van der Waals surface area contributed by atoms with Crippen LogP contribution < -0.4 is 10.2 Å². The highest BCUT2D eigenvalue weighted by molar-refractivity contribution is 6.04. The van der Waals surface area contributed by atoms with Crippen LogP contribution in [0, 0.1) is 6.92 Å². The highest BCUT2D eigenvalue weighted by atomic mass is 16.1. The molecule has 0 saturated carbocycles. The number of carbonyl (C=O) groups excluding carboxylic acids is 1. The zero-order valence-electron chi connectivity index (χ0n) is 16.2. The molecule has 27 heavy (non-hydrogen) atoms. The molecule has 2 saturated heterocycles. The minimum absolute atomic E-state index is 0.0995. The molecule has 1 N–H and O–H groups in total. The second kappa shape index (κ2) is 7.69. The van der Waals surface area contributed by atoms with Crippen molar-refractivity contribution in [1.82, 2.24) is 9.88 Å². The van der Waals surface area contributed by atoms with Crippen LogP contribution in [0.1, 0.15) is 42.2 Å². The monoisotopic (exact) mass is 364 g/mol. The molecule has 2 aromatic rings. The summed E-state index contributed by atoms with van der Waals surface area (Å²) in [6.45, 7) is 7.64. The van der Waals surface area contributed by atoms with E-state index in [2.05, 4.69) is 22.0 Å². The van der Waals surface area contributed by atoms with Gasteiger partial charge in [0.2, 0.25) is 0 Å². The minimum atomic E-state index is -0.0995. The number of benzene rings is 1. The summed E-state index contributed by atoms with van der Waals surface area (Å²) in [5, 5.41) is 2.98. The summed E-state index contributed by atoms with van der Waals surface area (Å²) in [6, 6.07) is 14.6. The molecule has 0 spiro atoms. The number of amides is 1. The number of aryl methyl sites for hydroxylation is 1. The van der Waals surface area contributed by atoms with Gasteiger partial charge >= 0.3 is 0 Å². The molecule has 142 valence electrons. The minimum Gasteiger partial charge on any atom is -0.355 e. The molecule has 1 amide bonds. The summed E-state index contributed by atoms with van der Waals surface area (Å²) in [4.78, 5) is 22.2. The third kappa shape index (κ3) is 3.83. The number of carbonyl (C=O) groups is 1. The van der Waals surface area contributed by atoms with Gasteiger partial charge in [0, 0.05) is 30.7 Å². The summed E-state index contributed by atoms with van der Waals surface area (Å²) in [7, 11) is 0. The fourth-order valence-electron chi connectivity index (χ4n) is 4.36. The number of anilines is 2. The molecule has 0 aliphatic carbocycles. The summed E-state index contributed by atoms with van der Waals surface area (Å²) < 4.78 is 0. The van der Waals surface area contributed by atoms with Gasteiger partial charge in [0.1, 0.15) is 5.82 Å². The van der Waals surface area contributed by atoms with Crippen molar-refractivity contribution in [2.45, 2.75) is 45.2 Å². The summed E-state index contributed by atoms with van der Waals surface area (Å²) in [6.07, 6.45) is 3.85. The van der Waals surface area contributed by atoms with Gasteiger partial charge in [-0.3, -0.25) is 9.69 Å². The summed E-state index contributed by atoms with van der Waals surface area (Å²) >= 11 is 0. The third-order valence-corrected chi connectivity index (χ3v) is 5.92. The molecule has 2 aliphatic heterocycles. The molecule has 5 nitrogen and oxygen atoms in total. The van der Waals surface area contributed by atoms with Crippen LogP contribution in [0.4, 0.5) is 11.5 Å². The van der Waals surface area contributed by atoms with Gasteiger partial charge in [-0.15, -0.1) is 0 Å². The first kappa shape index (κ1) is 18.0. The molecule has 1 aromatic heterocycles. The van der Waals surface area contributed by atoms with Crippen molar-refractivity contribution in [3.8, 4) is 0 Å². The Kier molecular flexibility index (Phi) is 5.12. The van der Waals surface area contributed by atoms with Gasteiger partial charge in [0.05, 0.1) is 11.4 Å². The Balaban J connectivity index is 1.42. The van der Waals surface area contributed by atoms with Crippen molar-refractivity contribution < 1.29 is 4.79 Å². The van der Waals surface area contributed by atoms with Gasteiger partial charge in [-0.25, -0.2) is 4.98 Å². The average Bonchev–Trinajstić information content (AvgIpc) is 3.33. The highest BCUT2D eigenvalue weighted by Gasteiger charge is 2.33. The topological polar surface area (TPSA) is 48.5 Å². The third-order valence-electron chi connectivity index (χ3n) is 5.92. The lowest BCUT2D eigenvalue weighted by Gasteiger charge is -2.28. The van der Waals surface area contributed by atoms with Gasteiger partial charge in [0.25, 0.3) is 5.91 Å². The highest BCUT2D eigenvalue weighted by Crippen LogP contribution is 2.28. The Hall–Kier alpha value is -2.40. The largest absolute Gasteiger partial charge is 0.355 e. The second-order valence-electron chi connectivity index (χ2n) is 7.74. The van der Waals surface area contributed by atoms with E-state index in [-0.39, 0.29) is 5.91 Å². The van der Waals surface area contributed by atoms with Crippen LogP contribution in [0.15, 0.2) is 42.5 Å². The van der Waals surface area contributed by atoms with Gasteiger partial charge in [-0.05, 0) is 63.9 Å². The number of pyridine rings is 1. The summed E-state index contributed by atoms with van der Waals surface area (Å²) in [5.74, 6) is 0.914. The molecule has 2 atom stereocenters. The molecular weight excluding hydrogens is 336 g/mol. The first-order chi connectivity index (χ1) is 13.1. The normalized spacial score (nSPS) is 23.0. The van der Waals surface area contributed by atoms with Gasteiger partial charge in [-0.2, -0.15) is 0 Å². The van der Waals surface area contributed by atoms with Crippen LogP contribution >= 0.6 is 0 Å². The standard InChI is InChI=1S/C22H28N4O/c1-16-7-6-13-26(16)19-12-14-25(15-19)21-11-10-20(17(2)23-21)24-22(27)18-8-4-3-5-9-18/h3-5,8-11,16,19H,6-7,12-15H2,1-2H3,(H,24,27). The van der Waals surface area contributed by atoms with Crippen molar-refractivity contribution in [2.75, 3.05) is 29.9 Å². The summed E-state index contributed by atoms with van der Waals surface area (Å²) in [5.41, 5.74) is 2.29. The van der Waals surface area contributed by atoms with Crippen LogP contribution in [-0.4, -0.2) is 47.5 Å². The number of likely N-dealkylation sites (tertiary alicyclic amines) is 1. The number of hydrogen-bond donors (Lipinski definition) is 1. The van der Waals surface area contributed by atoms with E-state index >= 15 is 0 Å². The molecule has 2 unspecified atom stereocenters. The maximum absolute atomic E-state index is 12.4. The van der Waals surface area contributed by atoms with E-state index in [9.17, 15) is 4.79 Å². The Bertz CT molecular complexity index is 807. The molecule has 3 heterocycles. The molecule has 4 rings (SSSR count). The maximum Gasteiger partial charge on any atom is 0.255 e. The molecule has 0 bridgehead atoms. The Morgan fingerprint density at radius 3 is 2.63 bits per heavy atom. The van der Waals surface area contributed by atoms with Gasteiger partial charge in [0.15, 0.2) is 0 Å². The first-order valence-electron chi connectivity index (χ1n) is 9.96. The van der Waals surface area contributed by atoms with Gasteiger partial charge < -0.3 is 10.2 Å².